The molecule has 0 radical (unpaired) electrons. The summed E-state index contributed by atoms with van der Waals surface area (Å²) in [5.41, 5.74) is 2.03. The number of benzene rings is 2. The Labute approximate surface area is 146 Å². The fourth-order valence-corrected chi connectivity index (χ4v) is 2.46. The predicted molar refractivity (Wildman–Crippen MR) is 96.0 cm³/mol. The second-order valence-corrected chi connectivity index (χ2v) is 5.94. The molecule has 0 saturated heterocycles. The second-order valence-electron chi connectivity index (χ2n) is 5.03. The van der Waals surface area contributed by atoms with Gasteiger partial charge in [0.15, 0.2) is 0 Å². The van der Waals surface area contributed by atoms with Gasteiger partial charge in [-0.25, -0.2) is 9.37 Å². The van der Waals surface area contributed by atoms with Crippen LogP contribution in [0.15, 0.2) is 71.3 Å². The quantitative estimate of drug-likeness (QED) is 0.665. The molecule has 1 heterocycles. The number of hydrogen-bond donors (Lipinski definition) is 2. The lowest BCUT2D eigenvalue weighted by molar-refractivity contribution is 0.102. The van der Waals surface area contributed by atoms with E-state index in [2.05, 4.69) is 31.5 Å². The molecule has 0 atom stereocenters. The zero-order chi connectivity index (χ0) is 16.9. The fraction of sp³-hybridized carbons (Fsp3) is 0. The van der Waals surface area contributed by atoms with Gasteiger partial charge < -0.3 is 10.6 Å². The highest BCUT2D eigenvalue weighted by Gasteiger charge is 2.07. The van der Waals surface area contributed by atoms with Gasteiger partial charge in [-0.2, -0.15) is 0 Å². The maximum absolute atomic E-state index is 12.9. The van der Waals surface area contributed by atoms with Crippen LogP contribution >= 0.6 is 15.9 Å². The van der Waals surface area contributed by atoms with E-state index >= 15 is 0 Å². The summed E-state index contributed by atoms with van der Waals surface area (Å²) in [5, 5.41) is 5.84. The number of nitrogens with zero attached hydrogens (tertiary/aromatic N) is 1. The molecule has 120 valence electrons. The third-order valence-electron chi connectivity index (χ3n) is 3.22. The Kier molecular flexibility index (Phi) is 4.86. The Bertz CT molecular complexity index is 851. The molecule has 2 aromatic carbocycles. The average Bonchev–Trinajstić information content (AvgIpc) is 2.59. The second kappa shape index (κ2) is 7.23. The number of rotatable bonds is 4. The highest BCUT2D eigenvalue weighted by Crippen LogP contribution is 2.18. The van der Waals surface area contributed by atoms with E-state index in [9.17, 15) is 9.18 Å². The summed E-state index contributed by atoms with van der Waals surface area (Å²) < 4.78 is 13.7. The van der Waals surface area contributed by atoms with Gasteiger partial charge in [0.25, 0.3) is 5.91 Å². The fourth-order valence-electron chi connectivity index (χ4n) is 2.06. The van der Waals surface area contributed by atoms with Crippen molar-refractivity contribution in [1.29, 1.82) is 0 Å². The van der Waals surface area contributed by atoms with Crippen LogP contribution in [0.1, 0.15) is 10.4 Å². The van der Waals surface area contributed by atoms with Crippen molar-refractivity contribution in [2.24, 2.45) is 0 Å². The smallest absolute Gasteiger partial charge is 0.256 e. The highest BCUT2D eigenvalue weighted by molar-refractivity contribution is 9.10. The van der Waals surface area contributed by atoms with Crippen molar-refractivity contribution in [3.63, 3.8) is 0 Å². The van der Waals surface area contributed by atoms with Crippen molar-refractivity contribution >= 4 is 39.0 Å². The zero-order valence-electron chi connectivity index (χ0n) is 12.5. The number of carbonyl (C=O) groups excluding carboxylic acids is 1. The summed E-state index contributed by atoms with van der Waals surface area (Å²) in [6.07, 6.45) is 1.60. The summed E-state index contributed by atoms with van der Waals surface area (Å²) in [6.45, 7) is 0. The van der Waals surface area contributed by atoms with Crippen LogP contribution in [0.4, 0.5) is 21.6 Å². The SMILES string of the molecule is O=C(Nc1ccc(Nc2ccc(F)cc2)cn1)c1cccc(Br)c1. The number of halogens is 2. The van der Waals surface area contributed by atoms with Crippen LogP contribution in [0.2, 0.25) is 0 Å². The van der Waals surface area contributed by atoms with Crippen molar-refractivity contribution in [2.75, 3.05) is 10.6 Å². The molecule has 3 rings (SSSR count). The first-order valence-electron chi connectivity index (χ1n) is 7.16. The van der Waals surface area contributed by atoms with Gasteiger partial charge >= 0.3 is 0 Å². The zero-order valence-corrected chi connectivity index (χ0v) is 14.0. The number of aromatic nitrogens is 1. The van der Waals surface area contributed by atoms with E-state index in [1.165, 1.54) is 12.1 Å². The van der Waals surface area contributed by atoms with Gasteiger partial charge in [0.1, 0.15) is 11.6 Å². The molecule has 4 nitrogen and oxygen atoms in total. The summed E-state index contributed by atoms with van der Waals surface area (Å²) in [7, 11) is 0. The first kappa shape index (κ1) is 16.1. The van der Waals surface area contributed by atoms with E-state index in [1.807, 2.05) is 6.07 Å². The maximum atomic E-state index is 12.9. The lowest BCUT2D eigenvalue weighted by Gasteiger charge is -2.08. The van der Waals surface area contributed by atoms with Crippen LogP contribution in [0.5, 0.6) is 0 Å². The minimum Gasteiger partial charge on any atom is -0.354 e. The van der Waals surface area contributed by atoms with Crippen LogP contribution < -0.4 is 10.6 Å². The molecule has 0 saturated carbocycles. The van der Waals surface area contributed by atoms with Crippen LogP contribution in [-0.4, -0.2) is 10.9 Å². The van der Waals surface area contributed by atoms with E-state index < -0.39 is 0 Å². The third-order valence-corrected chi connectivity index (χ3v) is 3.72. The predicted octanol–water partition coefficient (Wildman–Crippen LogP) is 4.98. The van der Waals surface area contributed by atoms with Crippen LogP contribution in [0.3, 0.4) is 0 Å². The Morgan fingerprint density at radius 3 is 2.42 bits per heavy atom. The maximum Gasteiger partial charge on any atom is 0.256 e. The Morgan fingerprint density at radius 1 is 1.00 bits per heavy atom. The highest BCUT2D eigenvalue weighted by atomic mass is 79.9. The molecule has 0 aliphatic carbocycles. The largest absolute Gasteiger partial charge is 0.354 e. The lowest BCUT2D eigenvalue weighted by Crippen LogP contribution is -2.12. The standard InChI is InChI=1S/C18H13BrFN3O/c19-13-3-1-2-12(10-13)18(24)23-17-9-8-16(11-21-17)22-15-6-4-14(20)5-7-15/h1-11,22H,(H,21,23,24). The molecule has 0 bridgehead atoms. The van der Waals surface area contributed by atoms with E-state index in [4.69, 9.17) is 0 Å². The minimum atomic E-state index is -0.288. The van der Waals surface area contributed by atoms with Crippen LogP contribution in [-0.2, 0) is 0 Å². The number of pyridine rings is 1. The number of carbonyl (C=O) groups is 1. The van der Waals surface area contributed by atoms with Crippen molar-refractivity contribution in [2.45, 2.75) is 0 Å². The average molecular weight is 386 g/mol. The molecule has 0 aliphatic rings. The third kappa shape index (κ3) is 4.17. The van der Waals surface area contributed by atoms with Crippen LogP contribution in [0.25, 0.3) is 0 Å². The van der Waals surface area contributed by atoms with Gasteiger partial charge in [0.2, 0.25) is 0 Å². The Balaban J connectivity index is 1.66. The van der Waals surface area contributed by atoms with Crippen molar-refractivity contribution < 1.29 is 9.18 Å². The van der Waals surface area contributed by atoms with E-state index in [-0.39, 0.29) is 11.7 Å². The first-order chi connectivity index (χ1) is 11.6. The minimum absolute atomic E-state index is 0.233. The monoisotopic (exact) mass is 385 g/mol. The van der Waals surface area contributed by atoms with Crippen molar-refractivity contribution in [3.8, 4) is 0 Å². The van der Waals surface area contributed by atoms with Gasteiger partial charge in [-0.3, -0.25) is 4.79 Å². The number of amides is 1. The molecule has 2 N–H and O–H groups in total. The Morgan fingerprint density at radius 2 is 1.75 bits per heavy atom. The summed E-state index contributed by atoms with van der Waals surface area (Å²) in [4.78, 5) is 16.4. The summed E-state index contributed by atoms with van der Waals surface area (Å²) in [5.74, 6) is -0.0723. The molecular weight excluding hydrogens is 373 g/mol. The van der Waals surface area contributed by atoms with Gasteiger partial charge in [-0.15, -0.1) is 0 Å². The molecule has 1 aromatic heterocycles. The molecule has 0 spiro atoms. The van der Waals surface area contributed by atoms with Gasteiger partial charge in [-0.1, -0.05) is 22.0 Å². The number of nitrogens with one attached hydrogen (secondary N) is 2. The van der Waals surface area contributed by atoms with E-state index in [0.717, 1.165) is 15.8 Å². The van der Waals surface area contributed by atoms with Gasteiger partial charge in [0.05, 0.1) is 11.9 Å². The topological polar surface area (TPSA) is 54.0 Å². The molecule has 3 aromatic rings. The first-order valence-corrected chi connectivity index (χ1v) is 7.95. The molecule has 1 amide bonds. The van der Waals surface area contributed by atoms with Crippen LogP contribution in [0, 0.1) is 5.82 Å². The Hall–Kier alpha value is -2.73. The van der Waals surface area contributed by atoms with Gasteiger partial charge in [-0.05, 0) is 54.6 Å². The van der Waals surface area contributed by atoms with E-state index in [1.54, 1.807) is 48.7 Å². The summed E-state index contributed by atoms with van der Waals surface area (Å²) in [6, 6.07) is 16.6. The lowest BCUT2D eigenvalue weighted by atomic mass is 10.2. The molecule has 24 heavy (non-hydrogen) atoms. The molecule has 0 unspecified atom stereocenters. The number of hydrogen-bond acceptors (Lipinski definition) is 3. The van der Waals surface area contributed by atoms with Crippen molar-refractivity contribution in [3.05, 3.63) is 82.7 Å². The summed E-state index contributed by atoms with van der Waals surface area (Å²) >= 11 is 3.33. The molecule has 0 aliphatic heterocycles. The van der Waals surface area contributed by atoms with E-state index in [0.29, 0.717) is 11.4 Å². The normalized spacial score (nSPS) is 10.2. The molecular formula is C18H13BrFN3O. The number of anilines is 3. The van der Waals surface area contributed by atoms with Gasteiger partial charge in [0, 0.05) is 15.7 Å². The molecule has 6 heteroatoms. The molecule has 0 fully saturated rings. The van der Waals surface area contributed by atoms with Crippen molar-refractivity contribution in [1.82, 2.24) is 4.98 Å².